The number of rotatable bonds is 7. The highest BCUT2D eigenvalue weighted by molar-refractivity contribution is 6.35. The summed E-state index contributed by atoms with van der Waals surface area (Å²) in [5.74, 6) is -1.23. The van der Waals surface area contributed by atoms with Gasteiger partial charge in [0.25, 0.3) is 0 Å². The van der Waals surface area contributed by atoms with Crippen LogP contribution >= 0.6 is 0 Å². The van der Waals surface area contributed by atoms with Crippen LogP contribution in [0.15, 0.2) is 30.3 Å². The van der Waals surface area contributed by atoms with Crippen LogP contribution in [0.1, 0.15) is 19.4 Å². The number of nitrogens with zero attached hydrogens (tertiary/aromatic N) is 1. The smallest absolute Gasteiger partial charge is 0.312 e. The third-order valence-electron chi connectivity index (χ3n) is 3.23. The summed E-state index contributed by atoms with van der Waals surface area (Å²) in [6, 6.07) is 9.48. The third kappa shape index (κ3) is 5.46. The van der Waals surface area contributed by atoms with Gasteiger partial charge < -0.3 is 19.7 Å². The predicted molar refractivity (Wildman–Crippen MR) is 82.9 cm³/mol. The maximum atomic E-state index is 12.3. The number of methoxy groups -OCH3 is 2. The second-order valence-electron chi connectivity index (χ2n) is 5.12. The quantitative estimate of drug-likeness (QED) is 0.606. The molecule has 0 spiro atoms. The molecule has 0 atom stereocenters. The number of carbonyl (C=O) groups is 2. The number of hydrogen-bond acceptors (Lipinski definition) is 4. The minimum absolute atomic E-state index is 0.0842. The molecule has 0 aromatic heterocycles. The molecule has 0 heterocycles. The van der Waals surface area contributed by atoms with Gasteiger partial charge in [0.2, 0.25) is 0 Å². The summed E-state index contributed by atoms with van der Waals surface area (Å²) in [5.41, 5.74) is 0.976. The van der Waals surface area contributed by atoms with Crippen molar-refractivity contribution in [3.8, 4) is 0 Å². The lowest BCUT2D eigenvalue weighted by Crippen LogP contribution is -2.47. The normalized spacial score (nSPS) is 10.8. The molecule has 1 N–H and O–H groups in total. The van der Waals surface area contributed by atoms with Crippen molar-refractivity contribution in [1.29, 1.82) is 0 Å². The lowest BCUT2D eigenvalue weighted by molar-refractivity contribution is -0.149. The largest absolute Gasteiger partial charge is 0.354 e. The summed E-state index contributed by atoms with van der Waals surface area (Å²) in [6.07, 6.45) is -0.571. The van der Waals surface area contributed by atoms with E-state index in [9.17, 15) is 9.59 Å². The van der Waals surface area contributed by atoms with Crippen LogP contribution in [0.3, 0.4) is 0 Å². The zero-order valence-corrected chi connectivity index (χ0v) is 13.5. The average molecular weight is 308 g/mol. The molecule has 0 saturated carbocycles. The van der Waals surface area contributed by atoms with E-state index in [2.05, 4.69) is 5.32 Å². The van der Waals surface area contributed by atoms with E-state index in [-0.39, 0.29) is 12.6 Å². The van der Waals surface area contributed by atoms with E-state index in [1.165, 1.54) is 19.1 Å². The van der Waals surface area contributed by atoms with E-state index in [0.29, 0.717) is 6.54 Å². The Morgan fingerprint density at radius 1 is 1.14 bits per heavy atom. The monoisotopic (exact) mass is 308 g/mol. The molecule has 0 aliphatic carbocycles. The van der Waals surface area contributed by atoms with Gasteiger partial charge in [-0.1, -0.05) is 30.3 Å². The van der Waals surface area contributed by atoms with Gasteiger partial charge >= 0.3 is 11.8 Å². The average Bonchev–Trinajstić information content (AvgIpc) is 2.53. The molecular weight excluding hydrogens is 284 g/mol. The number of nitrogens with one attached hydrogen (secondary N) is 1. The zero-order valence-electron chi connectivity index (χ0n) is 13.5. The summed E-state index contributed by atoms with van der Waals surface area (Å²) in [6.45, 7) is 4.26. The number of hydrogen-bond donors (Lipinski definition) is 1. The van der Waals surface area contributed by atoms with Gasteiger partial charge in [0.15, 0.2) is 6.29 Å². The van der Waals surface area contributed by atoms with Crippen LogP contribution in [0.25, 0.3) is 0 Å². The standard InChI is InChI=1S/C16H24N2O4/c1-12(2)18(11-13-8-6-5-7-9-13)16(20)15(19)17-10-14(21-3)22-4/h5-9,12,14H,10-11H2,1-4H3,(H,17,19). The zero-order chi connectivity index (χ0) is 16.5. The molecule has 0 radical (unpaired) electrons. The van der Waals surface area contributed by atoms with Crippen molar-refractivity contribution in [2.24, 2.45) is 0 Å². The summed E-state index contributed by atoms with van der Waals surface area (Å²) < 4.78 is 9.94. The van der Waals surface area contributed by atoms with Crippen molar-refractivity contribution in [1.82, 2.24) is 10.2 Å². The fourth-order valence-electron chi connectivity index (χ4n) is 1.91. The van der Waals surface area contributed by atoms with E-state index in [1.807, 2.05) is 44.2 Å². The molecule has 0 unspecified atom stereocenters. The van der Waals surface area contributed by atoms with Gasteiger partial charge in [-0.05, 0) is 19.4 Å². The van der Waals surface area contributed by atoms with Crippen LogP contribution in [0, 0.1) is 0 Å². The van der Waals surface area contributed by atoms with Gasteiger partial charge in [-0.25, -0.2) is 0 Å². The van der Waals surface area contributed by atoms with E-state index in [0.717, 1.165) is 5.56 Å². The minimum Gasteiger partial charge on any atom is -0.354 e. The van der Waals surface area contributed by atoms with Gasteiger partial charge in [0.1, 0.15) is 0 Å². The van der Waals surface area contributed by atoms with Crippen molar-refractivity contribution in [3.05, 3.63) is 35.9 Å². The Morgan fingerprint density at radius 3 is 2.23 bits per heavy atom. The first-order valence-electron chi connectivity index (χ1n) is 7.17. The fraction of sp³-hybridized carbons (Fsp3) is 0.500. The Bertz CT molecular complexity index is 472. The fourth-order valence-corrected chi connectivity index (χ4v) is 1.91. The van der Waals surface area contributed by atoms with Gasteiger partial charge in [-0.2, -0.15) is 0 Å². The summed E-state index contributed by atoms with van der Waals surface area (Å²) in [7, 11) is 2.94. The van der Waals surface area contributed by atoms with E-state index in [1.54, 1.807) is 0 Å². The van der Waals surface area contributed by atoms with Crippen LogP contribution < -0.4 is 5.32 Å². The Morgan fingerprint density at radius 2 is 1.73 bits per heavy atom. The molecule has 6 heteroatoms. The minimum atomic E-state index is -0.663. The second-order valence-corrected chi connectivity index (χ2v) is 5.12. The predicted octanol–water partition coefficient (Wildman–Crippen LogP) is 1.16. The van der Waals surface area contributed by atoms with Crippen molar-refractivity contribution in [3.63, 3.8) is 0 Å². The lowest BCUT2D eigenvalue weighted by Gasteiger charge is -2.26. The molecule has 0 aliphatic rings. The van der Waals surface area contributed by atoms with Crippen molar-refractivity contribution < 1.29 is 19.1 Å². The Labute approximate surface area is 131 Å². The molecule has 22 heavy (non-hydrogen) atoms. The highest BCUT2D eigenvalue weighted by Crippen LogP contribution is 2.08. The molecule has 1 rings (SSSR count). The Balaban J connectivity index is 2.66. The van der Waals surface area contributed by atoms with Crippen LogP contribution in [-0.2, 0) is 25.6 Å². The first kappa shape index (κ1) is 18.1. The highest BCUT2D eigenvalue weighted by atomic mass is 16.7. The molecule has 2 amide bonds. The molecule has 122 valence electrons. The molecular formula is C16H24N2O4. The number of carbonyl (C=O) groups excluding carboxylic acids is 2. The van der Waals surface area contributed by atoms with Crippen molar-refractivity contribution >= 4 is 11.8 Å². The maximum Gasteiger partial charge on any atom is 0.312 e. The summed E-state index contributed by atoms with van der Waals surface area (Å²) >= 11 is 0. The van der Waals surface area contributed by atoms with Gasteiger partial charge in [-0.15, -0.1) is 0 Å². The second kappa shape index (κ2) is 9.17. The molecule has 1 aromatic carbocycles. The van der Waals surface area contributed by atoms with Gasteiger partial charge in [0, 0.05) is 26.8 Å². The van der Waals surface area contributed by atoms with Crippen LogP contribution in [-0.4, -0.2) is 49.8 Å². The molecule has 1 aromatic rings. The van der Waals surface area contributed by atoms with Crippen LogP contribution in [0.2, 0.25) is 0 Å². The van der Waals surface area contributed by atoms with Crippen LogP contribution in [0.4, 0.5) is 0 Å². The first-order valence-corrected chi connectivity index (χ1v) is 7.17. The molecule has 0 bridgehead atoms. The molecule has 0 fully saturated rings. The molecule has 0 aliphatic heterocycles. The first-order chi connectivity index (χ1) is 10.5. The van der Waals surface area contributed by atoms with E-state index in [4.69, 9.17) is 9.47 Å². The van der Waals surface area contributed by atoms with Gasteiger partial charge in [-0.3, -0.25) is 9.59 Å². The van der Waals surface area contributed by atoms with Crippen molar-refractivity contribution in [2.75, 3.05) is 20.8 Å². The molecule has 0 saturated heterocycles. The van der Waals surface area contributed by atoms with E-state index < -0.39 is 18.1 Å². The van der Waals surface area contributed by atoms with Crippen LogP contribution in [0.5, 0.6) is 0 Å². The van der Waals surface area contributed by atoms with E-state index >= 15 is 0 Å². The molecule has 6 nitrogen and oxygen atoms in total. The maximum absolute atomic E-state index is 12.3. The Hall–Kier alpha value is -1.92. The SMILES string of the molecule is COC(CNC(=O)C(=O)N(Cc1ccccc1)C(C)C)OC. The Kier molecular flexibility index (Phi) is 7.56. The number of ether oxygens (including phenoxy) is 2. The topological polar surface area (TPSA) is 67.9 Å². The van der Waals surface area contributed by atoms with Gasteiger partial charge in [0.05, 0.1) is 6.54 Å². The number of benzene rings is 1. The summed E-state index contributed by atoms with van der Waals surface area (Å²) in [5, 5.41) is 2.53. The lowest BCUT2D eigenvalue weighted by atomic mass is 10.2. The third-order valence-corrected chi connectivity index (χ3v) is 3.23. The van der Waals surface area contributed by atoms with Crippen molar-refractivity contribution in [2.45, 2.75) is 32.7 Å². The highest BCUT2D eigenvalue weighted by Gasteiger charge is 2.24. The number of amides is 2. The summed E-state index contributed by atoms with van der Waals surface area (Å²) in [4.78, 5) is 25.8.